The number of hydrogen-bond donors (Lipinski definition) is 1. The highest BCUT2D eigenvalue weighted by atomic mass is 16.5. The van der Waals surface area contributed by atoms with Gasteiger partial charge < -0.3 is 10.1 Å². The zero-order chi connectivity index (χ0) is 11.0. The molecule has 82 valence electrons. The van der Waals surface area contributed by atoms with Gasteiger partial charge in [0, 0.05) is 11.4 Å². The first-order valence-corrected chi connectivity index (χ1v) is 5.69. The molecule has 16 heavy (non-hydrogen) atoms. The van der Waals surface area contributed by atoms with Crippen molar-refractivity contribution < 1.29 is 4.74 Å². The summed E-state index contributed by atoms with van der Waals surface area (Å²) in [4.78, 5) is 0. The molecule has 1 atom stereocenters. The number of nitrogens with one attached hydrogen (secondary N) is 1. The molecule has 1 N–H and O–H groups in total. The van der Waals surface area contributed by atoms with E-state index in [2.05, 4.69) is 41.7 Å². The Kier molecular flexibility index (Phi) is 2.29. The Hall–Kier alpha value is -1.54. The van der Waals surface area contributed by atoms with Crippen molar-refractivity contribution in [3.63, 3.8) is 0 Å². The molecule has 0 aliphatic carbocycles. The maximum Gasteiger partial charge on any atom is 0.126 e. The minimum Gasteiger partial charge on any atom is -0.496 e. The highest BCUT2D eigenvalue weighted by molar-refractivity contribution is 5.91. The van der Waals surface area contributed by atoms with Gasteiger partial charge in [-0.1, -0.05) is 30.3 Å². The summed E-state index contributed by atoms with van der Waals surface area (Å²) in [7, 11) is 1.73. The van der Waals surface area contributed by atoms with Crippen LogP contribution in [0.1, 0.15) is 18.0 Å². The van der Waals surface area contributed by atoms with Crippen LogP contribution in [-0.2, 0) is 0 Å². The standard InChI is InChI=1S/C14H15NO/c1-16-14-7-6-11(13-8-9-15-13)10-4-2-3-5-12(10)14/h2-7,13,15H,8-9H2,1H3. The van der Waals surface area contributed by atoms with Crippen molar-refractivity contribution in [3.8, 4) is 5.75 Å². The Morgan fingerprint density at radius 1 is 1.12 bits per heavy atom. The van der Waals surface area contributed by atoms with Crippen LogP contribution in [-0.4, -0.2) is 13.7 Å². The number of hydrogen-bond acceptors (Lipinski definition) is 2. The molecular weight excluding hydrogens is 198 g/mol. The highest BCUT2D eigenvalue weighted by Crippen LogP contribution is 2.34. The van der Waals surface area contributed by atoms with Crippen LogP contribution in [0.15, 0.2) is 36.4 Å². The molecule has 0 aromatic heterocycles. The molecule has 1 aliphatic rings. The van der Waals surface area contributed by atoms with Crippen molar-refractivity contribution in [1.82, 2.24) is 5.32 Å². The normalized spacial score (nSPS) is 19.4. The molecule has 2 aromatic rings. The van der Waals surface area contributed by atoms with E-state index in [4.69, 9.17) is 4.74 Å². The fraction of sp³-hybridized carbons (Fsp3) is 0.286. The van der Waals surface area contributed by atoms with Crippen LogP contribution in [0.25, 0.3) is 10.8 Å². The van der Waals surface area contributed by atoms with Crippen LogP contribution in [0.3, 0.4) is 0 Å². The third-order valence-corrected chi connectivity index (χ3v) is 3.34. The summed E-state index contributed by atoms with van der Waals surface area (Å²) in [6.45, 7) is 1.13. The maximum atomic E-state index is 5.39. The topological polar surface area (TPSA) is 21.3 Å². The Balaban J connectivity index is 2.22. The molecule has 0 saturated carbocycles. The summed E-state index contributed by atoms with van der Waals surface area (Å²) in [6.07, 6.45) is 1.23. The van der Waals surface area contributed by atoms with E-state index >= 15 is 0 Å². The molecule has 0 radical (unpaired) electrons. The second kappa shape index (κ2) is 3.80. The molecule has 0 spiro atoms. The van der Waals surface area contributed by atoms with Gasteiger partial charge >= 0.3 is 0 Å². The highest BCUT2D eigenvalue weighted by Gasteiger charge is 2.20. The average Bonchev–Trinajstić information content (AvgIpc) is 2.27. The van der Waals surface area contributed by atoms with E-state index in [1.807, 2.05) is 0 Å². The van der Waals surface area contributed by atoms with Crippen molar-refractivity contribution in [1.29, 1.82) is 0 Å². The van der Waals surface area contributed by atoms with Gasteiger partial charge in [-0.3, -0.25) is 0 Å². The largest absolute Gasteiger partial charge is 0.496 e. The number of ether oxygens (including phenoxy) is 1. The number of rotatable bonds is 2. The second-order valence-corrected chi connectivity index (χ2v) is 4.20. The molecule has 2 nitrogen and oxygen atoms in total. The molecule has 3 rings (SSSR count). The SMILES string of the molecule is COc1ccc(C2CCN2)c2ccccc12. The van der Waals surface area contributed by atoms with Crippen LogP contribution in [0.5, 0.6) is 5.75 Å². The summed E-state index contributed by atoms with van der Waals surface area (Å²) in [5.41, 5.74) is 1.39. The van der Waals surface area contributed by atoms with Gasteiger partial charge in [-0.25, -0.2) is 0 Å². The summed E-state index contributed by atoms with van der Waals surface area (Å²) in [5.74, 6) is 0.957. The molecule has 1 unspecified atom stereocenters. The first-order chi connectivity index (χ1) is 7.90. The zero-order valence-corrected chi connectivity index (χ0v) is 9.36. The van der Waals surface area contributed by atoms with Gasteiger partial charge in [0.05, 0.1) is 7.11 Å². The second-order valence-electron chi connectivity index (χ2n) is 4.20. The van der Waals surface area contributed by atoms with E-state index in [9.17, 15) is 0 Å². The first-order valence-electron chi connectivity index (χ1n) is 5.69. The molecule has 2 aromatic carbocycles. The van der Waals surface area contributed by atoms with Crippen molar-refractivity contribution >= 4 is 10.8 Å². The predicted molar refractivity (Wildman–Crippen MR) is 65.9 cm³/mol. The quantitative estimate of drug-likeness (QED) is 0.828. The molecule has 1 heterocycles. The van der Waals surface area contributed by atoms with E-state index in [-0.39, 0.29) is 0 Å². The van der Waals surface area contributed by atoms with Gasteiger partial charge in [-0.2, -0.15) is 0 Å². The molecule has 2 heteroatoms. The van der Waals surface area contributed by atoms with Crippen molar-refractivity contribution in [2.75, 3.05) is 13.7 Å². The lowest BCUT2D eigenvalue weighted by Crippen LogP contribution is -2.35. The van der Waals surface area contributed by atoms with Crippen LogP contribution < -0.4 is 10.1 Å². The number of benzene rings is 2. The summed E-state index contributed by atoms with van der Waals surface area (Å²) >= 11 is 0. The van der Waals surface area contributed by atoms with Gasteiger partial charge in [-0.15, -0.1) is 0 Å². The molecule has 1 fully saturated rings. The molecule has 1 saturated heterocycles. The molecule has 0 amide bonds. The molecular formula is C14H15NO. The Morgan fingerprint density at radius 3 is 2.50 bits per heavy atom. The maximum absolute atomic E-state index is 5.39. The van der Waals surface area contributed by atoms with E-state index < -0.39 is 0 Å². The van der Waals surface area contributed by atoms with Crippen LogP contribution in [0, 0.1) is 0 Å². The monoisotopic (exact) mass is 213 g/mol. The Bertz CT molecular complexity index is 517. The number of fused-ring (bicyclic) bond motifs is 1. The smallest absolute Gasteiger partial charge is 0.126 e. The van der Waals surface area contributed by atoms with Crippen LogP contribution >= 0.6 is 0 Å². The van der Waals surface area contributed by atoms with Gasteiger partial charge in [0.1, 0.15) is 5.75 Å². The average molecular weight is 213 g/mol. The Labute approximate surface area is 95.2 Å². The summed E-state index contributed by atoms with van der Waals surface area (Å²) in [5, 5.41) is 5.96. The van der Waals surface area contributed by atoms with E-state index in [0.29, 0.717) is 6.04 Å². The zero-order valence-electron chi connectivity index (χ0n) is 9.36. The van der Waals surface area contributed by atoms with E-state index in [1.165, 1.54) is 22.8 Å². The third-order valence-electron chi connectivity index (χ3n) is 3.34. The summed E-state index contributed by atoms with van der Waals surface area (Å²) in [6, 6.07) is 13.2. The lowest BCUT2D eigenvalue weighted by molar-refractivity contribution is 0.384. The fourth-order valence-corrected chi connectivity index (χ4v) is 2.33. The summed E-state index contributed by atoms with van der Waals surface area (Å²) < 4.78 is 5.39. The van der Waals surface area contributed by atoms with Gasteiger partial charge in [0.25, 0.3) is 0 Å². The lowest BCUT2D eigenvalue weighted by atomic mass is 9.92. The minimum atomic E-state index is 0.524. The Morgan fingerprint density at radius 2 is 1.88 bits per heavy atom. The van der Waals surface area contributed by atoms with E-state index in [0.717, 1.165) is 12.3 Å². The van der Waals surface area contributed by atoms with Gasteiger partial charge in [-0.05, 0) is 30.0 Å². The van der Waals surface area contributed by atoms with Crippen molar-refractivity contribution in [2.24, 2.45) is 0 Å². The van der Waals surface area contributed by atoms with Crippen LogP contribution in [0.2, 0.25) is 0 Å². The minimum absolute atomic E-state index is 0.524. The van der Waals surface area contributed by atoms with Crippen molar-refractivity contribution in [3.05, 3.63) is 42.0 Å². The fourth-order valence-electron chi connectivity index (χ4n) is 2.33. The first kappa shape index (κ1) is 9.67. The van der Waals surface area contributed by atoms with E-state index in [1.54, 1.807) is 7.11 Å². The molecule has 0 bridgehead atoms. The molecule has 1 aliphatic heterocycles. The van der Waals surface area contributed by atoms with Gasteiger partial charge in [0.2, 0.25) is 0 Å². The van der Waals surface area contributed by atoms with Crippen molar-refractivity contribution in [2.45, 2.75) is 12.5 Å². The van der Waals surface area contributed by atoms with Crippen LogP contribution in [0.4, 0.5) is 0 Å². The lowest BCUT2D eigenvalue weighted by Gasteiger charge is -2.29. The predicted octanol–water partition coefficient (Wildman–Crippen LogP) is 2.88. The van der Waals surface area contributed by atoms with Gasteiger partial charge in [0.15, 0.2) is 0 Å². The third kappa shape index (κ3) is 1.38. The number of methoxy groups -OCH3 is 1.